The molecule has 0 saturated carbocycles. The minimum atomic E-state index is -0.517. The monoisotopic (exact) mass is 367 g/mol. The number of amides is 1. The van der Waals surface area contributed by atoms with Crippen molar-refractivity contribution in [3.63, 3.8) is 0 Å². The van der Waals surface area contributed by atoms with Crippen molar-refractivity contribution < 1.29 is 10.0 Å². The van der Waals surface area contributed by atoms with Crippen LogP contribution in [0.15, 0.2) is 54.9 Å². The van der Waals surface area contributed by atoms with Crippen LogP contribution in [-0.4, -0.2) is 34.1 Å². The second-order valence-electron chi connectivity index (χ2n) is 6.65. The average molecular weight is 367 g/mol. The maximum atomic E-state index is 10.8. The Morgan fingerprint density at radius 2 is 1.93 bits per heavy atom. The third kappa shape index (κ3) is 8.15. The number of aryl methyl sites for hydroxylation is 1. The summed E-state index contributed by atoms with van der Waals surface area (Å²) in [6.45, 7) is 5.56. The molecule has 5 nitrogen and oxygen atoms in total. The molecule has 0 bridgehead atoms. The first kappa shape index (κ1) is 20.8. The summed E-state index contributed by atoms with van der Waals surface area (Å²) < 4.78 is 0. The minimum absolute atomic E-state index is 0.517. The molecule has 1 aromatic heterocycles. The van der Waals surface area contributed by atoms with Crippen molar-refractivity contribution in [2.24, 2.45) is 0 Å². The number of carbonyl (C=O) groups is 1. The third-order valence-corrected chi connectivity index (χ3v) is 4.38. The number of nitrogens with zero attached hydrogens (tertiary/aromatic N) is 2. The molecule has 2 N–H and O–H groups in total. The Morgan fingerprint density at radius 3 is 2.52 bits per heavy atom. The van der Waals surface area contributed by atoms with Gasteiger partial charge >= 0.3 is 0 Å². The van der Waals surface area contributed by atoms with Crippen LogP contribution in [0.2, 0.25) is 0 Å². The van der Waals surface area contributed by atoms with Crippen molar-refractivity contribution >= 4 is 12.0 Å². The lowest BCUT2D eigenvalue weighted by Gasteiger charge is -2.14. The zero-order chi connectivity index (χ0) is 19.3. The van der Waals surface area contributed by atoms with E-state index in [2.05, 4.69) is 35.0 Å². The standard InChI is InChI=1S/C14H18N2O2.C8H11N/c17-14(15-18)8-7-12-3-5-13(6-4-12)11-16-9-1-2-10-16;1-2-4-8-5-3-6-9-7-8/h3-8,18H,1-2,9-11H2,(H,15,17);3,5-7H,2,4H2,1H3/b8-7+;. The van der Waals surface area contributed by atoms with Crippen LogP contribution in [0, 0.1) is 0 Å². The van der Waals surface area contributed by atoms with E-state index in [1.165, 1.54) is 49.6 Å². The van der Waals surface area contributed by atoms with Gasteiger partial charge in [-0.25, -0.2) is 5.48 Å². The molecule has 1 fully saturated rings. The summed E-state index contributed by atoms with van der Waals surface area (Å²) in [6.07, 6.45) is 11.6. The normalized spacial score (nSPS) is 14.0. The van der Waals surface area contributed by atoms with Crippen LogP contribution in [0.5, 0.6) is 0 Å². The number of hydrogen-bond donors (Lipinski definition) is 2. The van der Waals surface area contributed by atoms with E-state index in [9.17, 15) is 4.79 Å². The third-order valence-electron chi connectivity index (χ3n) is 4.38. The average Bonchev–Trinajstić information content (AvgIpc) is 3.22. The Kier molecular flexibility index (Phi) is 9.24. The van der Waals surface area contributed by atoms with E-state index in [0.29, 0.717) is 0 Å². The highest BCUT2D eigenvalue weighted by Gasteiger charge is 2.11. The molecule has 144 valence electrons. The molecule has 2 aromatic rings. The maximum Gasteiger partial charge on any atom is 0.267 e. The number of nitrogens with one attached hydrogen (secondary N) is 1. The van der Waals surface area contributed by atoms with Crippen molar-refractivity contribution in [1.82, 2.24) is 15.4 Å². The highest BCUT2D eigenvalue weighted by molar-refractivity contribution is 5.90. The Bertz CT molecular complexity index is 693. The van der Waals surface area contributed by atoms with Gasteiger partial charge in [0.15, 0.2) is 0 Å². The second kappa shape index (κ2) is 12.0. The molecule has 1 aliphatic rings. The molecule has 0 unspecified atom stereocenters. The van der Waals surface area contributed by atoms with Gasteiger partial charge in [0.1, 0.15) is 0 Å². The Labute approximate surface area is 161 Å². The molecule has 0 atom stereocenters. The predicted molar refractivity (Wildman–Crippen MR) is 108 cm³/mol. The van der Waals surface area contributed by atoms with E-state index in [-0.39, 0.29) is 0 Å². The number of likely N-dealkylation sites (tertiary alicyclic amines) is 1. The lowest BCUT2D eigenvalue weighted by atomic mass is 10.1. The molecule has 1 amide bonds. The molecule has 0 spiro atoms. The summed E-state index contributed by atoms with van der Waals surface area (Å²) in [5, 5.41) is 8.36. The molecule has 5 heteroatoms. The van der Waals surface area contributed by atoms with Gasteiger partial charge in [0.2, 0.25) is 0 Å². The fraction of sp³-hybridized carbons (Fsp3) is 0.364. The molecular formula is C22H29N3O2. The maximum absolute atomic E-state index is 10.8. The minimum Gasteiger partial charge on any atom is -0.299 e. The Hall–Kier alpha value is -2.50. The van der Waals surface area contributed by atoms with Gasteiger partial charge in [0, 0.05) is 25.0 Å². The number of hydroxylamine groups is 1. The highest BCUT2D eigenvalue weighted by atomic mass is 16.5. The number of carbonyl (C=O) groups excluding carboxylic acids is 1. The summed E-state index contributed by atoms with van der Waals surface area (Å²) >= 11 is 0. The van der Waals surface area contributed by atoms with Crippen molar-refractivity contribution in [3.05, 3.63) is 71.6 Å². The fourth-order valence-corrected chi connectivity index (χ4v) is 2.98. The van der Waals surface area contributed by atoms with E-state index in [1.807, 2.05) is 24.4 Å². The number of rotatable bonds is 6. The Morgan fingerprint density at radius 1 is 1.19 bits per heavy atom. The molecule has 0 radical (unpaired) electrons. The van der Waals surface area contributed by atoms with E-state index in [0.717, 1.165) is 18.5 Å². The predicted octanol–water partition coefficient (Wildman–Crippen LogP) is 3.84. The first-order chi connectivity index (χ1) is 13.2. The van der Waals surface area contributed by atoms with Crippen LogP contribution in [0.1, 0.15) is 42.9 Å². The topological polar surface area (TPSA) is 65.5 Å². The molecule has 0 aliphatic carbocycles. The number of benzene rings is 1. The van der Waals surface area contributed by atoms with Gasteiger partial charge < -0.3 is 0 Å². The van der Waals surface area contributed by atoms with E-state index in [1.54, 1.807) is 17.8 Å². The van der Waals surface area contributed by atoms with Gasteiger partial charge in [0.05, 0.1) is 0 Å². The van der Waals surface area contributed by atoms with Crippen molar-refractivity contribution in [1.29, 1.82) is 0 Å². The van der Waals surface area contributed by atoms with E-state index in [4.69, 9.17) is 5.21 Å². The summed E-state index contributed by atoms with van der Waals surface area (Å²) in [5.41, 5.74) is 5.14. The SMILES string of the molecule is CCCc1cccnc1.O=C(/C=C/c1ccc(CN2CCCC2)cc1)NO. The van der Waals surface area contributed by atoms with Gasteiger partial charge in [0.25, 0.3) is 5.91 Å². The van der Waals surface area contributed by atoms with E-state index >= 15 is 0 Å². The second-order valence-corrected chi connectivity index (χ2v) is 6.65. The van der Waals surface area contributed by atoms with Gasteiger partial charge in [-0.3, -0.25) is 19.9 Å². The van der Waals surface area contributed by atoms with Gasteiger partial charge in [-0.15, -0.1) is 0 Å². The number of hydrogen-bond acceptors (Lipinski definition) is 4. The van der Waals surface area contributed by atoms with Gasteiger partial charge in [-0.2, -0.15) is 0 Å². The highest BCUT2D eigenvalue weighted by Crippen LogP contribution is 2.13. The van der Waals surface area contributed by atoms with Crippen molar-refractivity contribution in [2.45, 2.75) is 39.2 Å². The fourth-order valence-electron chi connectivity index (χ4n) is 2.98. The van der Waals surface area contributed by atoms with Crippen molar-refractivity contribution in [2.75, 3.05) is 13.1 Å². The van der Waals surface area contributed by atoms with Gasteiger partial charge in [-0.05, 0) is 61.2 Å². The lowest BCUT2D eigenvalue weighted by molar-refractivity contribution is -0.124. The zero-order valence-corrected chi connectivity index (χ0v) is 16.0. The first-order valence-electron chi connectivity index (χ1n) is 9.53. The quantitative estimate of drug-likeness (QED) is 0.463. The molecule has 3 rings (SSSR count). The molecule has 27 heavy (non-hydrogen) atoms. The molecule has 1 aromatic carbocycles. The van der Waals surface area contributed by atoms with Crippen LogP contribution in [0.4, 0.5) is 0 Å². The van der Waals surface area contributed by atoms with Crippen LogP contribution in [0.3, 0.4) is 0 Å². The van der Waals surface area contributed by atoms with Crippen LogP contribution >= 0.6 is 0 Å². The Balaban J connectivity index is 0.000000244. The number of pyridine rings is 1. The largest absolute Gasteiger partial charge is 0.299 e. The molecule has 2 heterocycles. The molecular weight excluding hydrogens is 338 g/mol. The lowest BCUT2D eigenvalue weighted by Crippen LogP contribution is -2.18. The van der Waals surface area contributed by atoms with Crippen LogP contribution in [-0.2, 0) is 17.8 Å². The van der Waals surface area contributed by atoms with Gasteiger partial charge in [-0.1, -0.05) is 43.7 Å². The van der Waals surface area contributed by atoms with Crippen LogP contribution in [0.25, 0.3) is 6.08 Å². The van der Waals surface area contributed by atoms with Crippen molar-refractivity contribution in [3.8, 4) is 0 Å². The first-order valence-corrected chi connectivity index (χ1v) is 9.53. The summed E-state index contributed by atoms with van der Waals surface area (Å²) in [6, 6.07) is 12.2. The summed E-state index contributed by atoms with van der Waals surface area (Å²) in [5.74, 6) is -0.517. The van der Waals surface area contributed by atoms with Crippen LogP contribution < -0.4 is 5.48 Å². The number of aromatic nitrogens is 1. The summed E-state index contributed by atoms with van der Waals surface area (Å²) in [4.78, 5) is 17.3. The smallest absolute Gasteiger partial charge is 0.267 e. The molecule has 1 aliphatic heterocycles. The van der Waals surface area contributed by atoms with E-state index < -0.39 is 5.91 Å². The molecule has 1 saturated heterocycles. The zero-order valence-electron chi connectivity index (χ0n) is 16.0. The summed E-state index contributed by atoms with van der Waals surface area (Å²) in [7, 11) is 0.